The summed E-state index contributed by atoms with van der Waals surface area (Å²) in [5, 5.41) is 3.69. The van der Waals surface area contributed by atoms with E-state index >= 15 is 0 Å². The highest BCUT2D eigenvalue weighted by Crippen LogP contribution is 2.23. The number of nitrogens with zero attached hydrogens (tertiary/aromatic N) is 2. The number of hydrogen-bond donors (Lipinski definition) is 1. The van der Waals surface area contributed by atoms with E-state index in [-0.39, 0.29) is 5.91 Å². The first-order valence-electron chi connectivity index (χ1n) is 5.82. The zero-order valence-electron chi connectivity index (χ0n) is 10.2. The summed E-state index contributed by atoms with van der Waals surface area (Å²) in [7, 11) is 0. The standard InChI is InChI=1S/C14H9Cl2N3O/c15-9-6-10(16)8-11(7-9)18-14(20)12-2-1-4-19-5-3-17-13(12)19/h1-8H,(H,18,20). The Labute approximate surface area is 125 Å². The number of carbonyl (C=O) groups is 1. The van der Waals surface area contributed by atoms with Gasteiger partial charge in [-0.1, -0.05) is 23.2 Å². The lowest BCUT2D eigenvalue weighted by Crippen LogP contribution is -2.13. The van der Waals surface area contributed by atoms with Crippen LogP contribution in [0.25, 0.3) is 5.65 Å². The van der Waals surface area contributed by atoms with E-state index in [1.165, 1.54) is 0 Å². The van der Waals surface area contributed by atoms with Crippen molar-refractivity contribution in [2.24, 2.45) is 0 Å². The van der Waals surface area contributed by atoms with Crippen molar-refractivity contribution in [2.75, 3.05) is 5.32 Å². The van der Waals surface area contributed by atoms with Gasteiger partial charge in [0.25, 0.3) is 5.91 Å². The predicted molar refractivity (Wildman–Crippen MR) is 79.6 cm³/mol. The maximum Gasteiger partial charge on any atom is 0.259 e. The largest absolute Gasteiger partial charge is 0.322 e. The second-order valence-corrected chi connectivity index (χ2v) is 5.07. The molecule has 0 aliphatic rings. The van der Waals surface area contributed by atoms with Crippen LogP contribution in [0.2, 0.25) is 10.0 Å². The molecule has 2 aromatic heterocycles. The van der Waals surface area contributed by atoms with Gasteiger partial charge in [0.1, 0.15) is 5.65 Å². The first kappa shape index (κ1) is 13.0. The van der Waals surface area contributed by atoms with Crippen LogP contribution in [0.5, 0.6) is 0 Å². The van der Waals surface area contributed by atoms with Crippen LogP contribution in [0, 0.1) is 0 Å². The Morgan fingerprint density at radius 2 is 1.90 bits per heavy atom. The highest BCUT2D eigenvalue weighted by atomic mass is 35.5. The Balaban J connectivity index is 1.95. The SMILES string of the molecule is O=C(Nc1cc(Cl)cc(Cl)c1)c1cccn2ccnc12. The summed E-state index contributed by atoms with van der Waals surface area (Å²) in [6, 6.07) is 8.38. The molecule has 3 rings (SSSR count). The average Bonchev–Trinajstić information content (AvgIpc) is 2.85. The van der Waals surface area contributed by atoms with Crippen LogP contribution in [0.15, 0.2) is 48.9 Å². The maximum absolute atomic E-state index is 12.3. The van der Waals surface area contributed by atoms with Gasteiger partial charge in [0.2, 0.25) is 0 Å². The van der Waals surface area contributed by atoms with Gasteiger partial charge >= 0.3 is 0 Å². The Hall–Kier alpha value is -2.04. The minimum atomic E-state index is -0.264. The molecule has 0 atom stereocenters. The lowest BCUT2D eigenvalue weighted by Gasteiger charge is -2.07. The number of aromatic nitrogens is 2. The fraction of sp³-hybridized carbons (Fsp3) is 0. The van der Waals surface area contributed by atoms with E-state index in [1.807, 2.05) is 6.20 Å². The summed E-state index contributed by atoms with van der Waals surface area (Å²) >= 11 is 11.8. The summed E-state index contributed by atoms with van der Waals surface area (Å²) in [4.78, 5) is 16.5. The van der Waals surface area contributed by atoms with Gasteiger partial charge in [0, 0.05) is 34.3 Å². The molecule has 0 saturated heterocycles. The summed E-state index contributed by atoms with van der Waals surface area (Å²) in [5.41, 5.74) is 1.62. The molecule has 1 amide bonds. The minimum absolute atomic E-state index is 0.264. The van der Waals surface area contributed by atoms with Gasteiger partial charge in [-0.3, -0.25) is 4.79 Å². The second kappa shape index (κ2) is 5.15. The lowest BCUT2D eigenvalue weighted by molar-refractivity contribution is 0.102. The van der Waals surface area contributed by atoms with Crippen molar-refractivity contribution in [1.82, 2.24) is 9.38 Å². The number of pyridine rings is 1. The molecule has 0 spiro atoms. The first-order valence-corrected chi connectivity index (χ1v) is 6.58. The molecular formula is C14H9Cl2N3O. The third-order valence-corrected chi connectivity index (χ3v) is 3.22. The third kappa shape index (κ3) is 2.48. The third-order valence-electron chi connectivity index (χ3n) is 2.78. The molecule has 1 aromatic carbocycles. The van der Waals surface area contributed by atoms with Crippen LogP contribution in [-0.2, 0) is 0 Å². The molecule has 0 saturated carbocycles. The number of halogens is 2. The molecule has 100 valence electrons. The maximum atomic E-state index is 12.3. The van der Waals surface area contributed by atoms with Crippen molar-refractivity contribution >= 4 is 40.4 Å². The number of amides is 1. The fourth-order valence-electron chi connectivity index (χ4n) is 1.95. The van der Waals surface area contributed by atoms with Crippen LogP contribution >= 0.6 is 23.2 Å². The van der Waals surface area contributed by atoms with E-state index in [2.05, 4.69) is 10.3 Å². The van der Waals surface area contributed by atoms with Gasteiger partial charge < -0.3 is 9.72 Å². The smallest absolute Gasteiger partial charge is 0.259 e. The number of rotatable bonds is 2. The Morgan fingerprint density at radius 3 is 2.65 bits per heavy atom. The molecule has 6 heteroatoms. The molecule has 0 radical (unpaired) electrons. The zero-order valence-corrected chi connectivity index (χ0v) is 11.7. The Bertz CT molecular complexity index is 778. The van der Waals surface area contributed by atoms with Crippen molar-refractivity contribution in [1.29, 1.82) is 0 Å². The minimum Gasteiger partial charge on any atom is -0.322 e. The monoisotopic (exact) mass is 305 g/mol. The number of fused-ring (bicyclic) bond motifs is 1. The number of hydrogen-bond acceptors (Lipinski definition) is 2. The first-order chi connectivity index (χ1) is 9.63. The Morgan fingerprint density at radius 1 is 1.15 bits per heavy atom. The van der Waals surface area contributed by atoms with E-state index in [0.29, 0.717) is 26.9 Å². The van der Waals surface area contributed by atoms with E-state index in [9.17, 15) is 4.79 Å². The normalized spacial score (nSPS) is 10.7. The fourth-order valence-corrected chi connectivity index (χ4v) is 2.48. The van der Waals surface area contributed by atoms with Gasteiger partial charge in [0.05, 0.1) is 5.56 Å². The van der Waals surface area contributed by atoms with Gasteiger partial charge in [-0.25, -0.2) is 4.98 Å². The van der Waals surface area contributed by atoms with Crippen LogP contribution < -0.4 is 5.32 Å². The van der Waals surface area contributed by atoms with Crippen molar-refractivity contribution in [3.8, 4) is 0 Å². The van der Waals surface area contributed by atoms with Gasteiger partial charge in [-0.15, -0.1) is 0 Å². The van der Waals surface area contributed by atoms with Crippen molar-refractivity contribution in [3.63, 3.8) is 0 Å². The number of imidazole rings is 1. The molecule has 0 bridgehead atoms. The van der Waals surface area contributed by atoms with Crippen molar-refractivity contribution < 1.29 is 4.79 Å². The van der Waals surface area contributed by atoms with Gasteiger partial charge in [-0.05, 0) is 30.3 Å². The molecule has 0 aliphatic heterocycles. The predicted octanol–water partition coefficient (Wildman–Crippen LogP) is 3.89. The van der Waals surface area contributed by atoms with Crippen LogP contribution in [0.1, 0.15) is 10.4 Å². The average molecular weight is 306 g/mol. The second-order valence-electron chi connectivity index (χ2n) is 4.19. The summed E-state index contributed by atoms with van der Waals surface area (Å²) in [6.45, 7) is 0. The number of nitrogens with one attached hydrogen (secondary N) is 1. The number of benzene rings is 1. The molecule has 0 aliphatic carbocycles. The van der Waals surface area contributed by atoms with Crippen LogP contribution in [-0.4, -0.2) is 15.3 Å². The molecule has 2 heterocycles. The molecule has 0 fully saturated rings. The van der Waals surface area contributed by atoms with Crippen molar-refractivity contribution in [2.45, 2.75) is 0 Å². The quantitative estimate of drug-likeness (QED) is 0.780. The number of carbonyl (C=O) groups excluding carboxylic acids is 1. The molecule has 3 aromatic rings. The van der Waals surface area contributed by atoms with E-state index < -0.39 is 0 Å². The highest BCUT2D eigenvalue weighted by molar-refractivity contribution is 6.35. The zero-order chi connectivity index (χ0) is 14.1. The van der Waals surface area contributed by atoms with Crippen LogP contribution in [0.4, 0.5) is 5.69 Å². The summed E-state index contributed by atoms with van der Waals surface area (Å²) in [5.74, 6) is -0.264. The molecular weight excluding hydrogens is 297 g/mol. The van der Waals surface area contributed by atoms with Crippen LogP contribution in [0.3, 0.4) is 0 Å². The highest BCUT2D eigenvalue weighted by Gasteiger charge is 2.12. The van der Waals surface area contributed by atoms with E-state index in [0.717, 1.165) is 0 Å². The summed E-state index contributed by atoms with van der Waals surface area (Å²) in [6.07, 6.45) is 5.25. The number of anilines is 1. The molecule has 1 N–H and O–H groups in total. The van der Waals surface area contributed by atoms with E-state index in [4.69, 9.17) is 23.2 Å². The molecule has 4 nitrogen and oxygen atoms in total. The Kier molecular flexibility index (Phi) is 3.34. The lowest BCUT2D eigenvalue weighted by atomic mass is 10.2. The van der Waals surface area contributed by atoms with Gasteiger partial charge in [-0.2, -0.15) is 0 Å². The van der Waals surface area contributed by atoms with E-state index in [1.54, 1.807) is 47.1 Å². The summed E-state index contributed by atoms with van der Waals surface area (Å²) < 4.78 is 1.78. The molecule has 0 unspecified atom stereocenters. The molecule has 20 heavy (non-hydrogen) atoms. The van der Waals surface area contributed by atoms with Gasteiger partial charge in [0.15, 0.2) is 0 Å². The topological polar surface area (TPSA) is 46.4 Å². The van der Waals surface area contributed by atoms with Crippen molar-refractivity contribution in [3.05, 3.63) is 64.5 Å².